The van der Waals surface area contributed by atoms with Crippen LogP contribution in [0.2, 0.25) is 0 Å². The fourth-order valence-corrected chi connectivity index (χ4v) is 1.88. The number of carbonyl (C=O) groups excluding carboxylic acids is 1. The van der Waals surface area contributed by atoms with Crippen molar-refractivity contribution in [2.45, 2.75) is 20.0 Å². The molecule has 122 valence electrons. The molecular weight excluding hydrogens is 313 g/mol. The van der Waals surface area contributed by atoms with Gasteiger partial charge in [-0.2, -0.15) is 13.2 Å². The minimum absolute atomic E-state index is 0.00243. The van der Waals surface area contributed by atoms with Gasteiger partial charge in [0, 0.05) is 11.1 Å². The minimum Gasteiger partial charge on any atom is -0.461 e. The summed E-state index contributed by atoms with van der Waals surface area (Å²) in [7, 11) is 0. The van der Waals surface area contributed by atoms with Crippen molar-refractivity contribution in [2.75, 3.05) is 6.61 Å². The number of rotatable bonds is 3. The average molecular weight is 326 g/mol. The van der Waals surface area contributed by atoms with Gasteiger partial charge in [0.25, 0.3) is 5.56 Å². The molecule has 1 heterocycles. The maximum Gasteiger partial charge on any atom is 0.416 e. The number of benzene rings is 1. The molecule has 1 aromatic carbocycles. The highest BCUT2D eigenvalue weighted by atomic mass is 19.4. The lowest BCUT2D eigenvalue weighted by Gasteiger charge is -2.09. The first kappa shape index (κ1) is 16.7. The second-order valence-corrected chi connectivity index (χ2v) is 4.68. The van der Waals surface area contributed by atoms with Gasteiger partial charge in [-0.15, -0.1) is 0 Å². The van der Waals surface area contributed by atoms with Crippen molar-refractivity contribution in [3.8, 4) is 11.4 Å². The van der Waals surface area contributed by atoms with Gasteiger partial charge < -0.3 is 9.72 Å². The molecule has 0 unspecified atom stereocenters. The van der Waals surface area contributed by atoms with Crippen LogP contribution in [0.4, 0.5) is 13.2 Å². The molecule has 0 aliphatic carbocycles. The minimum atomic E-state index is -4.46. The third-order valence-electron chi connectivity index (χ3n) is 3.11. The van der Waals surface area contributed by atoms with Crippen LogP contribution in [-0.2, 0) is 10.9 Å². The Morgan fingerprint density at radius 3 is 2.39 bits per heavy atom. The Morgan fingerprint density at radius 1 is 1.26 bits per heavy atom. The quantitative estimate of drug-likeness (QED) is 0.880. The second kappa shape index (κ2) is 6.23. The summed E-state index contributed by atoms with van der Waals surface area (Å²) in [5.74, 6) is -0.762. The Bertz CT molecular complexity index is 780. The van der Waals surface area contributed by atoms with E-state index in [-0.39, 0.29) is 29.3 Å². The van der Waals surface area contributed by atoms with Crippen molar-refractivity contribution in [2.24, 2.45) is 0 Å². The summed E-state index contributed by atoms with van der Waals surface area (Å²) in [5, 5.41) is 0. The van der Waals surface area contributed by atoms with Crippen LogP contribution in [0.1, 0.15) is 28.5 Å². The Hall–Kier alpha value is -2.64. The first-order chi connectivity index (χ1) is 10.7. The van der Waals surface area contributed by atoms with E-state index in [0.717, 1.165) is 12.1 Å². The topological polar surface area (TPSA) is 72.0 Å². The largest absolute Gasteiger partial charge is 0.461 e. The summed E-state index contributed by atoms with van der Waals surface area (Å²) >= 11 is 0. The van der Waals surface area contributed by atoms with E-state index in [4.69, 9.17) is 4.74 Å². The summed E-state index contributed by atoms with van der Waals surface area (Å²) in [4.78, 5) is 30.1. The molecule has 0 atom stereocenters. The van der Waals surface area contributed by atoms with Crippen molar-refractivity contribution in [1.29, 1.82) is 0 Å². The predicted octanol–water partition coefficient (Wildman–Crippen LogP) is 2.94. The number of halogens is 3. The third-order valence-corrected chi connectivity index (χ3v) is 3.11. The zero-order chi connectivity index (χ0) is 17.2. The van der Waals surface area contributed by atoms with Gasteiger partial charge in [0.15, 0.2) is 5.69 Å². The van der Waals surface area contributed by atoms with Crippen LogP contribution in [0.25, 0.3) is 11.4 Å². The third kappa shape index (κ3) is 3.58. The zero-order valence-electron chi connectivity index (χ0n) is 12.3. The molecule has 0 aliphatic heterocycles. The average Bonchev–Trinajstić information content (AvgIpc) is 2.49. The Labute approximate surface area is 129 Å². The highest BCUT2D eigenvalue weighted by Crippen LogP contribution is 2.30. The van der Waals surface area contributed by atoms with Gasteiger partial charge in [0.2, 0.25) is 0 Å². The first-order valence-corrected chi connectivity index (χ1v) is 6.69. The number of carbonyl (C=O) groups is 1. The number of H-pyrrole nitrogens is 1. The molecule has 5 nitrogen and oxygen atoms in total. The lowest BCUT2D eigenvalue weighted by Crippen LogP contribution is -2.20. The van der Waals surface area contributed by atoms with Crippen molar-refractivity contribution in [1.82, 2.24) is 9.97 Å². The molecule has 0 bridgehead atoms. The second-order valence-electron chi connectivity index (χ2n) is 4.68. The maximum atomic E-state index is 12.6. The molecule has 0 amide bonds. The van der Waals surface area contributed by atoms with E-state index in [0.29, 0.717) is 0 Å². The monoisotopic (exact) mass is 326 g/mol. The lowest BCUT2D eigenvalue weighted by atomic mass is 10.1. The molecule has 23 heavy (non-hydrogen) atoms. The predicted molar refractivity (Wildman–Crippen MR) is 76.0 cm³/mol. The molecule has 0 radical (unpaired) electrons. The molecule has 8 heteroatoms. The van der Waals surface area contributed by atoms with Gasteiger partial charge >= 0.3 is 12.1 Å². The fourth-order valence-electron chi connectivity index (χ4n) is 1.88. The van der Waals surface area contributed by atoms with E-state index >= 15 is 0 Å². The summed E-state index contributed by atoms with van der Waals surface area (Å²) in [6, 6.07) is 4.09. The molecule has 2 rings (SSSR count). The van der Waals surface area contributed by atoms with Gasteiger partial charge in [-0.25, -0.2) is 9.78 Å². The number of nitrogens with zero attached hydrogens (tertiary/aromatic N) is 1. The van der Waals surface area contributed by atoms with Gasteiger partial charge in [-0.3, -0.25) is 4.79 Å². The smallest absolute Gasteiger partial charge is 0.416 e. The number of hydrogen-bond acceptors (Lipinski definition) is 4. The Balaban J connectivity index is 2.48. The molecule has 2 aromatic rings. The highest BCUT2D eigenvalue weighted by Gasteiger charge is 2.30. The van der Waals surface area contributed by atoms with Crippen LogP contribution >= 0.6 is 0 Å². The number of aromatic nitrogens is 2. The number of esters is 1. The van der Waals surface area contributed by atoms with Gasteiger partial charge in [0.1, 0.15) is 5.82 Å². The maximum absolute atomic E-state index is 12.6. The number of nitrogens with one attached hydrogen (secondary N) is 1. The molecule has 0 aliphatic rings. The Morgan fingerprint density at radius 2 is 1.87 bits per heavy atom. The van der Waals surface area contributed by atoms with Gasteiger partial charge in [0.05, 0.1) is 12.2 Å². The SMILES string of the molecule is CCOC(=O)c1nc(-c2ccc(C(F)(F)F)cc2)[nH]c(=O)c1C. The summed E-state index contributed by atoms with van der Waals surface area (Å²) < 4.78 is 42.5. The molecule has 1 N–H and O–H groups in total. The molecular formula is C15H13F3N2O3. The first-order valence-electron chi connectivity index (χ1n) is 6.69. The van der Waals surface area contributed by atoms with E-state index in [1.54, 1.807) is 6.92 Å². The van der Waals surface area contributed by atoms with Crippen LogP contribution in [0.3, 0.4) is 0 Å². The lowest BCUT2D eigenvalue weighted by molar-refractivity contribution is -0.137. The van der Waals surface area contributed by atoms with Gasteiger partial charge in [-0.05, 0) is 26.0 Å². The number of ether oxygens (including phenoxy) is 1. The van der Waals surface area contributed by atoms with Crippen molar-refractivity contribution in [3.63, 3.8) is 0 Å². The van der Waals surface area contributed by atoms with Crippen LogP contribution < -0.4 is 5.56 Å². The fraction of sp³-hybridized carbons (Fsp3) is 0.267. The molecule has 1 aromatic heterocycles. The summed E-state index contributed by atoms with van der Waals surface area (Å²) in [5.41, 5.74) is -1.20. The standard InChI is InChI=1S/C15H13F3N2O3/c1-3-23-14(22)11-8(2)13(21)20-12(19-11)9-4-6-10(7-5-9)15(16,17)18/h4-7H,3H2,1-2H3,(H,19,20,21). The summed E-state index contributed by atoms with van der Waals surface area (Å²) in [6.07, 6.45) is -4.46. The van der Waals surface area contributed by atoms with E-state index < -0.39 is 23.3 Å². The highest BCUT2D eigenvalue weighted by molar-refractivity contribution is 5.89. The molecule has 0 spiro atoms. The molecule has 0 fully saturated rings. The van der Waals surface area contributed by atoms with Gasteiger partial charge in [-0.1, -0.05) is 12.1 Å². The zero-order valence-corrected chi connectivity index (χ0v) is 12.3. The van der Waals surface area contributed by atoms with E-state index in [9.17, 15) is 22.8 Å². The van der Waals surface area contributed by atoms with E-state index in [1.807, 2.05) is 0 Å². The van der Waals surface area contributed by atoms with Crippen molar-refractivity contribution < 1.29 is 22.7 Å². The van der Waals surface area contributed by atoms with Crippen molar-refractivity contribution in [3.05, 3.63) is 51.4 Å². The van der Waals surface area contributed by atoms with Crippen LogP contribution in [0, 0.1) is 6.92 Å². The number of aromatic amines is 1. The van der Waals surface area contributed by atoms with Crippen LogP contribution in [0.15, 0.2) is 29.1 Å². The normalized spacial score (nSPS) is 11.3. The number of hydrogen-bond donors (Lipinski definition) is 1. The van der Waals surface area contributed by atoms with E-state index in [1.165, 1.54) is 19.1 Å². The molecule has 0 saturated heterocycles. The summed E-state index contributed by atoms with van der Waals surface area (Å²) in [6.45, 7) is 3.13. The van der Waals surface area contributed by atoms with Crippen LogP contribution in [0.5, 0.6) is 0 Å². The van der Waals surface area contributed by atoms with Crippen molar-refractivity contribution >= 4 is 5.97 Å². The van der Waals surface area contributed by atoms with E-state index in [2.05, 4.69) is 9.97 Å². The molecule has 0 saturated carbocycles. The Kier molecular flexibility index (Phi) is 4.53. The number of alkyl halides is 3. The van der Waals surface area contributed by atoms with Crippen LogP contribution in [-0.4, -0.2) is 22.5 Å².